The molecule has 1 N–H and O–H groups in total. The van der Waals surface area contributed by atoms with Gasteiger partial charge in [-0.25, -0.2) is 4.39 Å². The number of hydrogen-bond acceptors (Lipinski definition) is 2. The Morgan fingerprint density at radius 3 is 2.69 bits per heavy atom. The number of carbonyl (C=O) groups is 1. The van der Waals surface area contributed by atoms with Crippen molar-refractivity contribution in [3.8, 4) is 0 Å². The lowest BCUT2D eigenvalue weighted by Crippen LogP contribution is -2.46. The van der Waals surface area contributed by atoms with Gasteiger partial charge in [0.05, 0.1) is 5.56 Å². The van der Waals surface area contributed by atoms with E-state index in [2.05, 4.69) is 5.32 Å². The zero-order valence-corrected chi connectivity index (χ0v) is 10.8. The quantitative estimate of drug-likeness (QED) is 0.789. The zero-order chi connectivity index (χ0) is 11.5. The Hall–Kier alpha value is -0.690. The van der Waals surface area contributed by atoms with Gasteiger partial charge < -0.3 is 10.2 Å². The van der Waals surface area contributed by atoms with Crippen LogP contribution in [0.5, 0.6) is 0 Å². The third-order valence-corrected chi connectivity index (χ3v) is 3.48. The number of amides is 1. The van der Waals surface area contributed by atoms with Crippen molar-refractivity contribution in [2.75, 3.05) is 26.2 Å². The Kier molecular flexibility index (Phi) is 3.75. The molecule has 0 unspecified atom stereocenters. The number of benzene rings is 1. The number of piperazine rings is 1. The maximum atomic E-state index is 13.6. The molecule has 1 aliphatic heterocycles. The van der Waals surface area contributed by atoms with E-state index in [1.807, 2.05) is 22.6 Å². The van der Waals surface area contributed by atoms with Gasteiger partial charge in [0.1, 0.15) is 5.82 Å². The van der Waals surface area contributed by atoms with Crippen molar-refractivity contribution < 1.29 is 9.18 Å². The highest BCUT2D eigenvalue weighted by molar-refractivity contribution is 14.1. The lowest BCUT2D eigenvalue weighted by Gasteiger charge is -2.27. The lowest BCUT2D eigenvalue weighted by atomic mass is 10.1. The van der Waals surface area contributed by atoms with Gasteiger partial charge in [-0.1, -0.05) is 6.07 Å². The number of nitrogens with zero attached hydrogens (tertiary/aromatic N) is 1. The molecule has 3 nitrogen and oxygen atoms in total. The fourth-order valence-electron chi connectivity index (χ4n) is 1.73. The Bertz CT molecular complexity index is 385. The normalized spacial score (nSPS) is 16.2. The molecule has 1 amide bonds. The van der Waals surface area contributed by atoms with E-state index in [4.69, 9.17) is 0 Å². The van der Waals surface area contributed by atoms with Crippen molar-refractivity contribution in [3.05, 3.63) is 33.1 Å². The summed E-state index contributed by atoms with van der Waals surface area (Å²) in [5.41, 5.74) is 0.199. The fourth-order valence-corrected chi connectivity index (χ4v) is 2.42. The monoisotopic (exact) mass is 334 g/mol. The van der Waals surface area contributed by atoms with E-state index in [0.717, 1.165) is 13.1 Å². The van der Waals surface area contributed by atoms with E-state index in [-0.39, 0.29) is 11.5 Å². The first kappa shape index (κ1) is 11.8. The lowest BCUT2D eigenvalue weighted by molar-refractivity contribution is 0.0730. The molecule has 86 valence electrons. The molecule has 2 rings (SSSR count). The number of nitrogens with one attached hydrogen (secondary N) is 1. The molecule has 1 aromatic carbocycles. The highest BCUT2D eigenvalue weighted by Crippen LogP contribution is 2.18. The molecule has 0 radical (unpaired) electrons. The second kappa shape index (κ2) is 5.09. The van der Waals surface area contributed by atoms with Crippen molar-refractivity contribution in [2.24, 2.45) is 0 Å². The van der Waals surface area contributed by atoms with Gasteiger partial charge in [-0.3, -0.25) is 4.79 Å². The summed E-state index contributed by atoms with van der Waals surface area (Å²) in [6.07, 6.45) is 0. The first-order valence-corrected chi connectivity index (χ1v) is 6.22. The molecule has 0 saturated carbocycles. The average molecular weight is 334 g/mol. The van der Waals surface area contributed by atoms with E-state index in [1.54, 1.807) is 17.0 Å². The molecule has 0 atom stereocenters. The van der Waals surface area contributed by atoms with Crippen LogP contribution in [0.25, 0.3) is 0 Å². The van der Waals surface area contributed by atoms with Gasteiger partial charge in [0.2, 0.25) is 0 Å². The molecular weight excluding hydrogens is 322 g/mol. The van der Waals surface area contributed by atoms with Gasteiger partial charge in [0, 0.05) is 29.7 Å². The summed E-state index contributed by atoms with van der Waals surface area (Å²) in [5, 5.41) is 3.16. The second-order valence-corrected chi connectivity index (χ2v) is 4.80. The molecule has 0 spiro atoms. The van der Waals surface area contributed by atoms with Crippen LogP contribution in [0.3, 0.4) is 0 Å². The van der Waals surface area contributed by atoms with Gasteiger partial charge in [-0.15, -0.1) is 0 Å². The minimum Gasteiger partial charge on any atom is -0.336 e. The molecule has 1 fully saturated rings. The molecule has 16 heavy (non-hydrogen) atoms. The second-order valence-electron chi connectivity index (χ2n) is 3.64. The fraction of sp³-hybridized carbons (Fsp3) is 0.364. The number of carbonyl (C=O) groups excluding carboxylic acids is 1. The van der Waals surface area contributed by atoms with Crippen molar-refractivity contribution in [2.45, 2.75) is 0 Å². The van der Waals surface area contributed by atoms with E-state index in [0.29, 0.717) is 16.7 Å². The zero-order valence-electron chi connectivity index (χ0n) is 8.67. The van der Waals surface area contributed by atoms with Gasteiger partial charge in [0.25, 0.3) is 5.91 Å². The third kappa shape index (κ3) is 2.35. The number of halogens is 2. The summed E-state index contributed by atoms with van der Waals surface area (Å²) in [5.74, 6) is -0.639. The highest BCUT2D eigenvalue weighted by Gasteiger charge is 2.22. The average Bonchev–Trinajstić information content (AvgIpc) is 2.30. The van der Waals surface area contributed by atoms with Gasteiger partial charge in [-0.2, -0.15) is 0 Å². The molecular formula is C11H12FIN2O. The Balaban J connectivity index is 2.26. The third-order valence-electron chi connectivity index (χ3n) is 2.58. The maximum absolute atomic E-state index is 13.6. The molecule has 0 bridgehead atoms. The van der Waals surface area contributed by atoms with Crippen LogP contribution in [-0.2, 0) is 0 Å². The summed E-state index contributed by atoms with van der Waals surface area (Å²) in [7, 11) is 0. The van der Waals surface area contributed by atoms with Crippen LogP contribution in [0.4, 0.5) is 4.39 Å². The Labute approximate surface area is 107 Å². The van der Waals surface area contributed by atoms with E-state index in [1.165, 1.54) is 6.07 Å². The first-order chi connectivity index (χ1) is 7.70. The molecule has 0 aromatic heterocycles. The molecule has 1 saturated heterocycles. The predicted octanol–water partition coefficient (Wildman–Crippen LogP) is 1.48. The van der Waals surface area contributed by atoms with E-state index >= 15 is 0 Å². The van der Waals surface area contributed by atoms with Crippen molar-refractivity contribution >= 4 is 28.5 Å². The summed E-state index contributed by atoms with van der Waals surface area (Å²) in [6.45, 7) is 2.83. The minimum atomic E-state index is -0.435. The van der Waals surface area contributed by atoms with Crippen LogP contribution >= 0.6 is 22.6 Å². The van der Waals surface area contributed by atoms with Crippen LogP contribution in [0.2, 0.25) is 0 Å². The van der Waals surface area contributed by atoms with Crippen LogP contribution in [0, 0.1) is 9.39 Å². The van der Waals surface area contributed by atoms with Gasteiger partial charge in [0.15, 0.2) is 0 Å². The minimum absolute atomic E-state index is 0.199. The van der Waals surface area contributed by atoms with Gasteiger partial charge >= 0.3 is 0 Å². The maximum Gasteiger partial charge on any atom is 0.258 e. The molecule has 1 aliphatic rings. The van der Waals surface area contributed by atoms with Crippen LogP contribution < -0.4 is 5.32 Å². The predicted molar refractivity (Wildman–Crippen MR) is 67.9 cm³/mol. The summed E-state index contributed by atoms with van der Waals surface area (Å²) in [4.78, 5) is 13.8. The highest BCUT2D eigenvalue weighted by atomic mass is 127. The smallest absolute Gasteiger partial charge is 0.258 e. The molecule has 5 heteroatoms. The van der Waals surface area contributed by atoms with Crippen molar-refractivity contribution in [1.82, 2.24) is 10.2 Å². The summed E-state index contributed by atoms with van der Waals surface area (Å²) < 4.78 is 14.3. The SMILES string of the molecule is O=C(c1c(F)cccc1I)N1CCNCC1. The van der Waals surface area contributed by atoms with E-state index < -0.39 is 5.82 Å². The topological polar surface area (TPSA) is 32.3 Å². The van der Waals surface area contributed by atoms with Crippen LogP contribution in [0.15, 0.2) is 18.2 Å². The number of hydrogen-bond donors (Lipinski definition) is 1. The molecule has 0 aliphatic carbocycles. The number of rotatable bonds is 1. The standard InChI is InChI=1S/C11H12FIN2O/c12-8-2-1-3-9(13)10(8)11(16)15-6-4-14-5-7-15/h1-3,14H,4-7H2. The Morgan fingerprint density at radius 2 is 2.06 bits per heavy atom. The largest absolute Gasteiger partial charge is 0.336 e. The van der Waals surface area contributed by atoms with Crippen molar-refractivity contribution in [3.63, 3.8) is 0 Å². The van der Waals surface area contributed by atoms with Crippen molar-refractivity contribution in [1.29, 1.82) is 0 Å². The Morgan fingerprint density at radius 1 is 1.38 bits per heavy atom. The van der Waals surface area contributed by atoms with E-state index in [9.17, 15) is 9.18 Å². The van der Waals surface area contributed by atoms with Gasteiger partial charge in [-0.05, 0) is 34.7 Å². The summed E-state index contributed by atoms with van der Waals surface area (Å²) >= 11 is 1.99. The summed E-state index contributed by atoms with van der Waals surface area (Å²) in [6, 6.07) is 4.70. The first-order valence-electron chi connectivity index (χ1n) is 5.14. The molecule has 1 heterocycles. The molecule has 1 aromatic rings. The van der Waals surface area contributed by atoms with Crippen LogP contribution in [0.1, 0.15) is 10.4 Å². The van der Waals surface area contributed by atoms with Crippen LogP contribution in [-0.4, -0.2) is 37.0 Å².